The number of rotatable bonds is 5. The quantitative estimate of drug-likeness (QED) is 0.701. The normalized spacial score (nSPS) is 16.7. The number of nitrogens with zero attached hydrogens (tertiary/aromatic N) is 1. The van der Waals surface area contributed by atoms with Crippen LogP contribution in [0.4, 0.5) is 5.69 Å². The van der Waals surface area contributed by atoms with Crippen LogP contribution < -0.4 is 10.1 Å². The predicted molar refractivity (Wildman–Crippen MR) is 105 cm³/mol. The lowest BCUT2D eigenvalue weighted by molar-refractivity contribution is -0.139. The number of nitrogens with one attached hydrogen (secondary N) is 1. The molecule has 1 aliphatic heterocycles. The van der Waals surface area contributed by atoms with E-state index in [1.54, 1.807) is 24.3 Å². The molecule has 1 aliphatic rings. The number of amidine groups is 1. The van der Waals surface area contributed by atoms with Gasteiger partial charge in [-0.05, 0) is 48.2 Å². The smallest absolute Gasteiger partial charge is 0.341 e. The van der Waals surface area contributed by atoms with Crippen molar-refractivity contribution in [3.05, 3.63) is 63.5 Å². The lowest BCUT2D eigenvalue weighted by atomic mass is 10.2. The summed E-state index contributed by atoms with van der Waals surface area (Å²) in [5.41, 5.74) is 1.34. The third-order valence-electron chi connectivity index (χ3n) is 3.25. The van der Waals surface area contributed by atoms with Crippen molar-refractivity contribution in [2.24, 2.45) is 4.99 Å². The first-order valence-electron chi connectivity index (χ1n) is 7.50. The number of benzene rings is 2. The van der Waals surface area contributed by atoms with Crippen molar-refractivity contribution >= 4 is 56.5 Å². The van der Waals surface area contributed by atoms with Gasteiger partial charge < -0.3 is 15.2 Å². The summed E-state index contributed by atoms with van der Waals surface area (Å²) < 4.78 is 6.07. The molecular weight excluding hydrogens is 420 g/mol. The lowest BCUT2D eigenvalue weighted by Gasteiger charge is -2.08. The molecule has 1 fully saturated rings. The highest BCUT2D eigenvalue weighted by Crippen LogP contribution is 2.32. The topological polar surface area (TPSA) is 88.0 Å². The number of carboxylic acid groups (broad SMARTS) is 1. The molecule has 2 N–H and O–H groups in total. The molecule has 1 saturated heterocycles. The number of carbonyl (C=O) groups is 2. The van der Waals surface area contributed by atoms with E-state index in [0.717, 1.165) is 10.2 Å². The zero-order valence-electron chi connectivity index (χ0n) is 13.3. The molecule has 0 radical (unpaired) electrons. The standard InChI is InChI=1S/C18H13BrN2O4S/c19-12-6-7-14(25-10-16(22)23)11(8-12)9-15-17(24)21-18(26-15)20-13-4-2-1-3-5-13/h1-9H,10H2,(H,22,23)(H,20,21,24)/b15-9-. The number of para-hydroxylation sites is 1. The number of halogens is 1. The molecule has 6 nitrogen and oxygen atoms in total. The summed E-state index contributed by atoms with van der Waals surface area (Å²) >= 11 is 4.58. The highest BCUT2D eigenvalue weighted by atomic mass is 79.9. The first-order valence-corrected chi connectivity index (χ1v) is 9.11. The number of carboxylic acids is 1. The van der Waals surface area contributed by atoms with Crippen LogP contribution in [-0.4, -0.2) is 28.8 Å². The molecule has 0 bridgehead atoms. The molecule has 0 saturated carbocycles. The Kier molecular flexibility index (Phi) is 5.75. The number of aliphatic carboxylic acids is 1. The highest BCUT2D eigenvalue weighted by molar-refractivity contribution is 9.10. The van der Waals surface area contributed by atoms with Gasteiger partial charge in [-0.2, -0.15) is 0 Å². The van der Waals surface area contributed by atoms with E-state index in [1.807, 2.05) is 30.3 Å². The monoisotopic (exact) mass is 432 g/mol. The van der Waals surface area contributed by atoms with Crippen LogP contribution >= 0.6 is 27.7 Å². The maximum absolute atomic E-state index is 12.2. The van der Waals surface area contributed by atoms with Gasteiger partial charge in [0, 0.05) is 10.0 Å². The molecule has 0 aromatic heterocycles. The summed E-state index contributed by atoms with van der Waals surface area (Å²) in [4.78, 5) is 27.8. The van der Waals surface area contributed by atoms with E-state index in [0.29, 0.717) is 21.4 Å². The van der Waals surface area contributed by atoms with Crippen LogP contribution in [0.2, 0.25) is 0 Å². The van der Waals surface area contributed by atoms with E-state index in [9.17, 15) is 9.59 Å². The van der Waals surface area contributed by atoms with E-state index < -0.39 is 12.6 Å². The third kappa shape index (κ3) is 4.74. The van der Waals surface area contributed by atoms with Crippen molar-refractivity contribution in [1.82, 2.24) is 5.32 Å². The zero-order chi connectivity index (χ0) is 18.5. The van der Waals surface area contributed by atoms with Gasteiger partial charge in [-0.1, -0.05) is 34.1 Å². The van der Waals surface area contributed by atoms with Gasteiger partial charge in [0.05, 0.1) is 10.6 Å². The molecule has 0 unspecified atom stereocenters. The number of ether oxygens (including phenoxy) is 1. The first kappa shape index (κ1) is 18.2. The average Bonchev–Trinajstić information content (AvgIpc) is 2.94. The summed E-state index contributed by atoms with van der Waals surface area (Å²) in [6, 6.07) is 14.4. The van der Waals surface area contributed by atoms with Crippen molar-refractivity contribution in [3.8, 4) is 5.75 Å². The van der Waals surface area contributed by atoms with Crippen LogP contribution in [0, 0.1) is 0 Å². The fourth-order valence-electron chi connectivity index (χ4n) is 2.14. The molecular formula is C18H13BrN2O4S. The van der Waals surface area contributed by atoms with Gasteiger partial charge in [-0.15, -0.1) is 0 Å². The van der Waals surface area contributed by atoms with Gasteiger partial charge in [-0.3, -0.25) is 4.79 Å². The molecule has 0 spiro atoms. The van der Waals surface area contributed by atoms with Crippen LogP contribution in [0.1, 0.15) is 5.56 Å². The molecule has 1 amide bonds. The molecule has 3 rings (SSSR count). The van der Waals surface area contributed by atoms with Crippen LogP contribution in [0.15, 0.2) is 62.9 Å². The van der Waals surface area contributed by atoms with E-state index in [2.05, 4.69) is 26.2 Å². The Morgan fingerprint density at radius 1 is 1.27 bits per heavy atom. The number of thioether (sulfide) groups is 1. The van der Waals surface area contributed by atoms with Gasteiger partial charge >= 0.3 is 5.97 Å². The number of amides is 1. The SMILES string of the molecule is O=C(O)COc1ccc(Br)cc1/C=C1\SC(=Nc2ccccc2)NC1=O. The fraction of sp³-hybridized carbons (Fsp3) is 0.0556. The van der Waals surface area contributed by atoms with Gasteiger partial charge in [0.25, 0.3) is 5.91 Å². The van der Waals surface area contributed by atoms with Crippen molar-refractivity contribution < 1.29 is 19.4 Å². The summed E-state index contributed by atoms with van der Waals surface area (Å²) in [7, 11) is 0. The van der Waals surface area contributed by atoms with Crippen LogP contribution in [-0.2, 0) is 9.59 Å². The van der Waals surface area contributed by atoms with Crippen LogP contribution in [0.25, 0.3) is 6.08 Å². The van der Waals surface area contributed by atoms with Crippen LogP contribution in [0.3, 0.4) is 0 Å². The first-order chi connectivity index (χ1) is 12.5. The molecule has 132 valence electrons. The summed E-state index contributed by atoms with van der Waals surface area (Å²) in [5.74, 6) is -0.962. The van der Waals surface area contributed by atoms with Crippen molar-refractivity contribution in [3.63, 3.8) is 0 Å². The van der Waals surface area contributed by atoms with Crippen molar-refractivity contribution in [2.75, 3.05) is 6.61 Å². The molecule has 8 heteroatoms. The number of aliphatic imine (C=N–C) groups is 1. The van der Waals surface area contributed by atoms with E-state index >= 15 is 0 Å². The molecule has 26 heavy (non-hydrogen) atoms. The van der Waals surface area contributed by atoms with Gasteiger partial charge in [0.15, 0.2) is 11.8 Å². The largest absolute Gasteiger partial charge is 0.481 e. The second kappa shape index (κ2) is 8.20. The minimum Gasteiger partial charge on any atom is -0.481 e. The Morgan fingerprint density at radius 2 is 2.04 bits per heavy atom. The molecule has 2 aromatic carbocycles. The summed E-state index contributed by atoms with van der Waals surface area (Å²) in [6.07, 6.45) is 1.65. The zero-order valence-corrected chi connectivity index (χ0v) is 15.7. The minimum atomic E-state index is -1.07. The Balaban J connectivity index is 1.86. The van der Waals surface area contributed by atoms with E-state index in [-0.39, 0.29) is 5.91 Å². The highest BCUT2D eigenvalue weighted by Gasteiger charge is 2.24. The van der Waals surface area contributed by atoms with Crippen molar-refractivity contribution in [1.29, 1.82) is 0 Å². The minimum absolute atomic E-state index is 0.270. The van der Waals surface area contributed by atoms with E-state index in [4.69, 9.17) is 9.84 Å². The fourth-order valence-corrected chi connectivity index (χ4v) is 3.36. The Labute approximate surface area is 162 Å². The second-order valence-corrected chi connectivity index (χ2v) is 7.13. The molecule has 2 aromatic rings. The molecule has 0 aliphatic carbocycles. The Hall–Kier alpha value is -2.58. The number of carbonyl (C=O) groups excluding carboxylic acids is 1. The molecule has 1 heterocycles. The molecule has 0 atom stereocenters. The Morgan fingerprint density at radius 3 is 2.77 bits per heavy atom. The van der Waals surface area contributed by atoms with Gasteiger partial charge in [0.2, 0.25) is 0 Å². The Bertz CT molecular complexity index is 913. The average molecular weight is 433 g/mol. The van der Waals surface area contributed by atoms with Crippen LogP contribution in [0.5, 0.6) is 5.75 Å². The second-order valence-electron chi connectivity index (χ2n) is 5.18. The number of hydrogen-bond donors (Lipinski definition) is 2. The van der Waals surface area contributed by atoms with Gasteiger partial charge in [0.1, 0.15) is 5.75 Å². The maximum Gasteiger partial charge on any atom is 0.341 e. The number of hydrogen-bond acceptors (Lipinski definition) is 5. The van der Waals surface area contributed by atoms with E-state index in [1.165, 1.54) is 11.8 Å². The third-order valence-corrected chi connectivity index (χ3v) is 4.65. The summed E-state index contributed by atoms with van der Waals surface area (Å²) in [5, 5.41) is 12.0. The van der Waals surface area contributed by atoms with Crippen molar-refractivity contribution in [2.45, 2.75) is 0 Å². The predicted octanol–water partition coefficient (Wildman–Crippen LogP) is 3.80. The maximum atomic E-state index is 12.2. The summed E-state index contributed by atoms with van der Waals surface area (Å²) in [6.45, 7) is -0.460. The lowest BCUT2D eigenvalue weighted by Crippen LogP contribution is -2.19. The van der Waals surface area contributed by atoms with Gasteiger partial charge in [-0.25, -0.2) is 9.79 Å².